The van der Waals surface area contributed by atoms with Gasteiger partial charge in [-0.15, -0.1) is 11.3 Å². The van der Waals surface area contributed by atoms with Gasteiger partial charge in [-0.25, -0.2) is 9.18 Å². The first kappa shape index (κ1) is 13.9. The summed E-state index contributed by atoms with van der Waals surface area (Å²) in [5.74, 6) is -1.63. The Morgan fingerprint density at radius 2 is 2.29 bits per heavy atom. The number of carbonyl (C=O) groups is 1. The third kappa shape index (κ3) is 2.25. The number of carboxylic acids is 1. The molecule has 1 aromatic carbocycles. The summed E-state index contributed by atoms with van der Waals surface area (Å²) in [6.07, 6.45) is 0.837. The van der Waals surface area contributed by atoms with Gasteiger partial charge in [-0.2, -0.15) is 0 Å². The first-order valence-electron chi connectivity index (χ1n) is 6.64. The van der Waals surface area contributed by atoms with Crippen LogP contribution in [0.15, 0.2) is 23.6 Å². The molecule has 0 saturated heterocycles. The summed E-state index contributed by atoms with van der Waals surface area (Å²) in [7, 11) is 0. The van der Waals surface area contributed by atoms with E-state index in [1.807, 2.05) is 23.3 Å². The fraction of sp³-hybridized carbons (Fsp3) is 0.267. The standard InChI is InChI=1S/C15H15FN2O2S/c1-8-9-3-5-21-14(9)2-4-18(8)13-6-10(15(19)20)12(17)7-11(13)16/h3,5-8H,2,4,17H2,1H3,(H,19,20). The molecule has 1 atom stereocenters. The van der Waals surface area contributed by atoms with Crippen molar-refractivity contribution >= 4 is 28.7 Å². The Labute approximate surface area is 125 Å². The van der Waals surface area contributed by atoms with Crippen LogP contribution in [0, 0.1) is 5.82 Å². The number of fused-ring (bicyclic) bond motifs is 1. The van der Waals surface area contributed by atoms with E-state index in [0.717, 1.165) is 12.5 Å². The van der Waals surface area contributed by atoms with Gasteiger partial charge in [0.1, 0.15) is 5.82 Å². The predicted molar refractivity (Wildman–Crippen MR) is 81.6 cm³/mol. The fourth-order valence-electron chi connectivity index (χ4n) is 2.82. The molecule has 4 nitrogen and oxygen atoms in total. The largest absolute Gasteiger partial charge is 0.478 e. The molecule has 2 heterocycles. The molecule has 2 aromatic rings. The maximum atomic E-state index is 14.2. The number of thiophene rings is 1. The monoisotopic (exact) mass is 306 g/mol. The number of hydrogen-bond acceptors (Lipinski definition) is 4. The molecule has 110 valence electrons. The normalized spacial score (nSPS) is 17.6. The maximum Gasteiger partial charge on any atom is 0.337 e. The number of benzene rings is 1. The Balaban J connectivity index is 2.05. The molecule has 0 fully saturated rings. The number of anilines is 2. The van der Waals surface area contributed by atoms with Gasteiger partial charge in [0.05, 0.1) is 17.3 Å². The van der Waals surface area contributed by atoms with Crippen LogP contribution in [0.5, 0.6) is 0 Å². The van der Waals surface area contributed by atoms with Crippen LogP contribution < -0.4 is 10.6 Å². The molecule has 3 N–H and O–H groups in total. The minimum absolute atomic E-state index is 0.0137. The minimum Gasteiger partial charge on any atom is -0.478 e. The van der Waals surface area contributed by atoms with Gasteiger partial charge in [0.2, 0.25) is 0 Å². The van der Waals surface area contributed by atoms with E-state index in [-0.39, 0.29) is 17.3 Å². The first-order chi connectivity index (χ1) is 9.99. The lowest BCUT2D eigenvalue weighted by Crippen LogP contribution is -2.34. The second kappa shape index (κ2) is 5.04. The molecule has 1 aliphatic rings. The summed E-state index contributed by atoms with van der Waals surface area (Å²) in [5.41, 5.74) is 6.94. The third-order valence-corrected chi connectivity index (χ3v) is 4.93. The molecule has 0 spiro atoms. The van der Waals surface area contributed by atoms with Crippen molar-refractivity contribution in [1.29, 1.82) is 0 Å². The Morgan fingerprint density at radius 3 is 3.00 bits per heavy atom. The number of nitrogens with zero attached hydrogens (tertiary/aromatic N) is 1. The summed E-state index contributed by atoms with van der Waals surface area (Å²) in [5, 5.41) is 11.2. The van der Waals surface area contributed by atoms with Crippen LogP contribution in [0.25, 0.3) is 0 Å². The summed E-state index contributed by atoms with van der Waals surface area (Å²) in [6.45, 7) is 2.66. The number of halogens is 1. The zero-order valence-corrected chi connectivity index (χ0v) is 12.3. The van der Waals surface area contributed by atoms with Gasteiger partial charge >= 0.3 is 5.97 Å². The molecule has 0 aliphatic carbocycles. The van der Waals surface area contributed by atoms with Crippen molar-refractivity contribution < 1.29 is 14.3 Å². The highest BCUT2D eigenvalue weighted by molar-refractivity contribution is 7.10. The van der Waals surface area contributed by atoms with Crippen LogP contribution in [-0.2, 0) is 6.42 Å². The number of nitrogen functional groups attached to an aromatic ring is 1. The smallest absolute Gasteiger partial charge is 0.337 e. The van der Waals surface area contributed by atoms with Crippen LogP contribution in [0.4, 0.5) is 15.8 Å². The third-order valence-electron chi connectivity index (χ3n) is 3.94. The summed E-state index contributed by atoms with van der Waals surface area (Å²) >= 11 is 1.71. The summed E-state index contributed by atoms with van der Waals surface area (Å²) in [6, 6.07) is 4.49. The van der Waals surface area contributed by atoms with Gasteiger partial charge in [-0.05, 0) is 42.5 Å². The highest BCUT2D eigenvalue weighted by Crippen LogP contribution is 2.38. The van der Waals surface area contributed by atoms with E-state index in [1.165, 1.54) is 16.5 Å². The molecule has 3 rings (SSSR count). The topological polar surface area (TPSA) is 66.6 Å². The van der Waals surface area contributed by atoms with Crippen LogP contribution >= 0.6 is 11.3 Å². The zero-order valence-electron chi connectivity index (χ0n) is 11.5. The highest BCUT2D eigenvalue weighted by Gasteiger charge is 2.27. The number of carboxylic acid groups (broad SMARTS) is 1. The molecular formula is C15H15FN2O2S. The highest BCUT2D eigenvalue weighted by atomic mass is 32.1. The number of aromatic carboxylic acids is 1. The molecule has 0 radical (unpaired) electrons. The molecule has 21 heavy (non-hydrogen) atoms. The lowest BCUT2D eigenvalue weighted by Gasteiger charge is -2.36. The lowest BCUT2D eigenvalue weighted by molar-refractivity contribution is 0.0698. The predicted octanol–water partition coefficient (Wildman–Crippen LogP) is 3.29. The molecular weight excluding hydrogens is 291 g/mol. The summed E-state index contributed by atoms with van der Waals surface area (Å²) < 4.78 is 14.2. The van der Waals surface area contributed by atoms with Crippen LogP contribution in [0.1, 0.15) is 33.8 Å². The van der Waals surface area contributed by atoms with E-state index in [2.05, 4.69) is 0 Å². The van der Waals surface area contributed by atoms with Crippen molar-refractivity contribution in [1.82, 2.24) is 0 Å². The molecule has 1 aromatic heterocycles. The van der Waals surface area contributed by atoms with Gasteiger partial charge in [0.15, 0.2) is 0 Å². The van der Waals surface area contributed by atoms with E-state index in [9.17, 15) is 9.18 Å². The Bertz CT molecular complexity index is 714. The number of rotatable bonds is 2. The zero-order chi connectivity index (χ0) is 15.1. The molecule has 1 aliphatic heterocycles. The van der Waals surface area contributed by atoms with E-state index >= 15 is 0 Å². The molecule has 0 amide bonds. The van der Waals surface area contributed by atoms with E-state index in [1.54, 1.807) is 11.3 Å². The van der Waals surface area contributed by atoms with Gasteiger partial charge in [-0.1, -0.05) is 0 Å². The minimum atomic E-state index is -1.14. The van der Waals surface area contributed by atoms with Crippen molar-refractivity contribution in [2.75, 3.05) is 17.2 Å². The van der Waals surface area contributed by atoms with Gasteiger partial charge < -0.3 is 15.7 Å². The van der Waals surface area contributed by atoms with Crippen molar-refractivity contribution in [3.8, 4) is 0 Å². The van der Waals surface area contributed by atoms with Crippen molar-refractivity contribution in [3.63, 3.8) is 0 Å². The Hall–Kier alpha value is -2.08. The average Bonchev–Trinajstić information content (AvgIpc) is 2.89. The lowest BCUT2D eigenvalue weighted by atomic mass is 10.00. The SMILES string of the molecule is CC1c2ccsc2CCN1c1cc(C(=O)O)c(N)cc1F. The molecule has 6 heteroatoms. The van der Waals surface area contributed by atoms with Crippen LogP contribution in [-0.4, -0.2) is 17.6 Å². The number of nitrogens with two attached hydrogens (primary N) is 1. The number of hydrogen-bond donors (Lipinski definition) is 2. The maximum absolute atomic E-state index is 14.2. The van der Waals surface area contributed by atoms with Crippen molar-refractivity contribution in [3.05, 3.63) is 45.4 Å². The van der Waals surface area contributed by atoms with E-state index in [4.69, 9.17) is 10.8 Å². The molecule has 1 unspecified atom stereocenters. The van der Waals surface area contributed by atoms with Crippen LogP contribution in [0.2, 0.25) is 0 Å². The molecule has 0 saturated carbocycles. The second-order valence-electron chi connectivity index (χ2n) is 5.11. The van der Waals surface area contributed by atoms with Gasteiger partial charge in [0, 0.05) is 17.1 Å². The first-order valence-corrected chi connectivity index (χ1v) is 7.52. The molecule has 0 bridgehead atoms. The van der Waals surface area contributed by atoms with E-state index in [0.29, 0.717) is 12.2 Å². The Kier molecular flexibility index (Phi) is 3.33. The Morgan fingerprint density at radius 1 is 1.52 bits per heavy atom. The van der Waals surface area contributed by atoms with Gasteiger partial charge in [0.25, 0.3) is 0 Å². The average molecular weight is 306 g/mol. The van der Waals surface area contributed by atoms with E-state index < -0.39 is 11.8 Å². The fourth-order valence-corrected chi connectivity index (χ4v) is 3.78. The van der Waals surface area contributed by atoms with Crippen LogP contribution in [0.3, 0.4) is 0 Å². The van der Waals surface area contributed by atoms with Crippen molar-refractivity contribution in [2.24, 2.45) is 0 Å². The van der Waals surface area contributed by atoms with Crippen molar-refractivity contribution in [2.45, 2.75) is 19.4 Å². The second-order valence-corrected chi connectivity index (χ2v) is 6.12. The summed E-state index contributed by atoms with van der Waals surface area (Å²) in [4.78, 5) is 14.4. The quantitative estimate of drug-likeness (QED) is 0.836. The van der Waals surface area contributed by atoms with Gasteiger partial charge in [-0.3, -0.25) is 0 Å².